The molecule has 5 nitrogen and oxygen atoms in total. The number of hydrogen-bond acceptors (Lipinski definition) is 3. The van der Waals surface area contributed by atoms with Gasteiger partial charge in [-0.15, -0.1) is 0 Å². The summed E-state index contributed by atoms with van der Waals surface area (Å²) < 4.78 is 44.4. The molecule has 0 aliphatic carbocycles. The maximum Gasteiger partial charge on any atom is 0.416 e. The van der Waals surface area contributed by atoms with E-state index in [-0.39, 0.29) is 11.8 Å². The number of anilines is 1. The molecule has 2 amide bonds. The second-order valence-corrected chi connectivity index (χ2v) is 6.30. The van der Waals surface area contributed by atoms with Gasteiger partial charge in [0.2, 0.25) is 5.88 Å². The fourth-order valence-corrected chi connectivity index (χ4v) is 2.62. The van der Waals surface area contributed by atoms with Gasteiger partial charge in [0, 0.05) is 11.9 Å². The van der Waals surface area contributed by atoms with Crippen LogP contribution in [0.3, 0.4) is 0 Å². The molecule has 3 rings (SSSR count). The highest BCUT2D eigenvalue weighted by Gasteiger charge is 2.34. The standard InChI is InChI=1S/C16H13BrF3N3O2/c17-13-5-2-6-21-14(13)25-12-8-23(9-12)15(24)22-11-4-1-3-10(7-11)16(18,19)20/h1-7,12H,8-9H2,(H,22,24). The number of nitrogens with zero attached hydrogens (tertiary/aromatic N) is 2. The van der Waals surface area contributed by atoms with Crippen molar-refractivity contribution in [1.82, 2.24) is 9.88 Å². The third kappa shape index (κ3) is 4.22. The lowest BCUT2D eigenvalue weighted by Gasteiger charge is -2.38. The molecule has 9 heteroatoms. The lowest BCUT2D eigenvalue weighted by atomic mass is 10.1. The van der Waals surface area contributed by atoms with Crippen LogP contribution in [0.25, 0.3) is 0 Å². The van der Waals surface area contributed by atoms with Gasteiger partial charge >= 0.3 is 12.2 Å². The quantitative estimate of drug-likeness (QED) is 0.818. The van der Waals surface area contributed by atoms with E-state index < -0.39 is 17.8 Å². The van der Waals surface area contributed by atoms with Crippen LogP contribution in [0, 0.1) is 0 Å². The molecule has 1 N–H and O–H groups in total. The van der Waals surface area contributed by atoms with Crippen LogP contribution in [0.15, 0.2) is 47.1 Å². The summed E-state index contributed by atoms with van der Waals surface area (Å²) in [5, 5.41) is 2.46. The van der Waals surface area contributed by atoms with Crippen molar-refractivity contribution in [2.75, 3.05) is 18.4 Å². The van der Waals surface area contributed by atoms with E-state index in [2.05, 4.69) is 26.2 Å². The number of halogens is 4. The molecular weight excluding hydrogens is 403 g/mol. The summed E-state index contributed by atoms with van der Waals surface area (Å²) >= 11 is 3.32. The number of aromatic nitrogens is 1. The Balaban J connectivity index is 1.54. The van der Waals surface area contributed by atoms with E-state index in [9.17, 15) is 18.0 Å². The number of carbonyl (C=O) groups is 1. The number of rotatable bonds is 3. The van der Waals surface area contributed by atoms with Gasteiger partial charge in [0.15, 0.2) is 0 Å². The Hall–Kier alpha value is -2.29. The van der Waals surface area contributed by atoms with E-state index in [1.807, 2.05) is 0 Å². The van der Waals surface area contributed by atoms with Gasteiger partial charge in [-0.05, 0) is 46.3 Å². The van der Waals surface area contributed by atoms with Crippen molar-refractivity contribution in [3.8, 4) is 5.88 Å². The zero-order chi connectivity index (χ0) is 18.0. The number of hydrogen-bond donors (Lipinski definition) is 1. The fourth-order valence-electron chi connectivity index (χ4n) is 2.27. The van der Waals surface area contributed by atoms with E-state index in [0.29, 0.717) is 23.4 Å². The normalized spacial score (nSPS) is 14.8. The van der Waals surface area contributed by atoms with E-state index in [0.717, 1.165) is 12.1 Å². The number of nitrogens with one attached hydrogen (secondary N) is 1. The highest BCUT2D eigenvalue weighted by atomic mass is 79.9. The summed E-state index contributed by atoms with van der Waals surface area (Å²) in [6.07, 6.45) is -3.07. The molecular formula is C16H13BrF3N3O2. The molecule has 1 fully saturated rings. The van der Waals surface area contributed by atoms with Gasteiger partial charge in [0.1, 0.15) is 6.10 Å². The molecule has 132 valence electrons. The van der Waals surface area contributed by atoms with E-state index in [1.54, 1.807) is 18.3 Å². The number of amides is 2. The lowest BCUT2D eigenvalue weighted by molar-refractivity contribution is -0.137. The molecule has 0 bridgehead atoms. The minimum Gasteiger partial charge on any atom is -0.470 e. The average molecular weight is 416 g/mol. The summed E-state index contributed by atoms with van der Waals surface area (Å²) in [5.74, 6) is 0.436. The third-order valence-electron chi connectivity index (χ3n) is 3.58. The Kier molecular flexibility index (Phi) is 4.85. The van der Waals surface area contributed by atoms with Crippen LogP contribution in [-0.4, -0.2) is 35.1 Å². The van der Waals surface area contributed by atoms with Crippen molar-refractivity contribution in [3.63, 3.8) is 0 Å². The molecule has 1 saturated heterocycles. The molecule has 0 saturated carbocycles. The van der Waals surface area contributed by atoms with Crippen LogP contribution < -0.4 is 10.1 Å². The predicted octanol–water partition coefficient (Wildman–Crippen LogP) is 4.16. The van der Waals surface area contributed by atoms with Crippen molar-refractivity contribution in [3.05, 3.63) is 52.6 Å². The molecule has 1 aliphatic rings. The molecule has 25 heavy (non-hydrogen) atoms. The van der Waals surface area contributed by atoms with Crippen molar-refractivity contribution in [2.45, 2.75) is 12.3 Å². The molecule has 1 aromatic heterocycles. The Morgan fingerprint density at radius 2 is 2.04 bits per heavy atom. The smallest absolute Gasteiger partial charge is 0.416 e. The number of likely N-dealkylation sites (tertiary alicyclic amines) is 1. The zero-order valence-electron chi connectivity index (χ0n) is 12.8. The Morgan fingerprint density at radius 1 is 1.28 bits per heavy atom. The molecule has 1 aromatic carbocycles. The SMILES string of the molecule is O=C(Nc1cccc(C(F)(F)F)c1)N1CC(Oc2ncccc2Br)C1. The maximum absolute atomic E-state index is 12.7. The summed E-state index contributed by atoms with van der Waals surface area (Å²) in [4.78, 5) is 17.6. The number of urea groups is 1. The maximum atomic E-state index is 12.7. The van der Waals surface area contributed by atoms with Gasteiger partial charge in [-0.25, -0.2) is 9.78 Å². The first-order chi connectivity index (χ1) is 11.8. The van der Waals surface area contributed by atoms with E-state index in [4.69, 9.17) is 4.74 Å². The Labute approximate surface area is 149 Å². The lowest BCUT2D eigenvalue weighted by Crippen LogP contribution is -2.57. The summed E-state index contributed by atoms with van der Waals surface area (Å²) in [5.41, 5.74) is -0.716. The second kappa shape index (κ2) is 6.91. The fraction of sp³-hybridized carbons (Fsp3) is 0.250. The highest BCUT2D eigenvalue weighted by molar-refractivity contribution is 9.10. The van der Waals surface area contributed by atoms with E-state index in [1.165, 1.54) is 17.0 Å². The molecule has 0 atom stereocenters. The van der Waals surface area contributed by atoms with Gasteiger partial charge in [0.25, 0.3) is 0 Å². The van der Waals surface area contributed by atoms with Gasteiger partial charge in [-0.2, -0.15) is 13.2 Å². The number of pyridine rings is 1. The van der Waals surface area contributed by atoms with Crippen LogP contribution in [0.5, 0.6) is 5.88 Å². The van der Waals surface area contributed by atoms with Crippen molar-refractivity contribution in [1.29, 1.82) is 0 Å². The number of benzene rings is 1. The van der Waals surface area contributed by atoms with Crippen molar-refractivity contribution in [2.24, 2.45) is 0 Å². The summed E-state index contributed by atoms with van der Waals surface area (Å²) in [6, 6.07) is 7.58. The van der Waals surface area contributed by atoms with Crippen LogP contribution in [0.4, 0.5) is 23.7 Å². The van der Waals surface area contributed by atoms with Crippen molar-refractivity contribution < 1.29 is 22.7 Å². The molecule has 2 heterocycles. The average Bonchev–Trinajstić information content (AvgIpc) is 2.51. The highest BCUT2D eigenvalue weighted by Crippen LogP contribution is 2.31. The molecule has 0 spiro atoms. The monoisotopic (exact) mass is 415 g/mol. The van der Waals surface area contributed by atoms with Crippen LogP contribution in [0.1, 0.15) is 5.56 Å². The van der Waals surface area contributed by atoms with Crippen molar-refractivity contribution >= 4 is 27.6 Å². The third-order valence-corrected chi connectivity index (χ3v) is 4.18. The Bertz CT molecular complexity index is 779. The van der Waals surface area contributed by atoms with Gasteiger partial charge in [-0.1, -0.05) is 6.07 Å². The minimum absolute atomic E-state index is 0.0941. The van der Waals surface area contributed by atoms with Gasteiger partial charge < -0.3 is 15.0 Å². The van der Waals surface area contributed by atoms with Gasteiger partial charge in [0.05, 0.1) is 23.1 Å². The van der Waals surface area contributed by atoms with Crippen LogP contribution in [0.2, 0.25) is 0 Å². The second-order valence-electron chi connectivity index (χ2n) is 5.44. The predicted molar refractivity (Wildman–Crippen MR) is 88.4 cm³/mol. The largest absolute Gasteiger partial charge is 0.470 e. The zero-order valence-corrected chi connectivity index (χ0v) is 14.3. The first kappa shape index (κ1) is 17.5. The first-order valence-electron chi connectivity index (χ1n) is 7.33. The summed E-state index contributed by atoms with van der Waals surface area (Å²) in [6.45, 7) is 0.654. The molecule has 0 radical (unpaired) electrons. The molecule has 2 aromatic rings. The topological polar surface area (TPSA) is 54.5 Å². The molecule has 0 unspecified atom stereocenters. The number of carbonyl (C=O) groups excluding carboxylic acids is 1. The molecule has 1 aliphatic heterocycles. The van der Waals surface area contributed by atoms with E-state index >= 15 is 0 Å². The number of ether oxygens (including phenoxy) is 1. The Morgan fingerprint density at radius 3 is 2.72 bits per heavy atom. The summed E-state index contributed by atoms with van der Waals surface area (Å²) in [7, 11) is 0. The first-order valence-corrected chi connectivity index (χ1v) is 8.12. The number of alkyl halides is 3. The van der Waals surface area contributed by atoms with Gasteiger partial charge in [-0.3, -0.25) is 0 Å². The minimum atomic E-state index is -4.45. The van der Waals surface area contributed by atoms with Crippen LogP contribution in [-0.2, 0) is 6.18 Å². The van der Waals surface area contributed by atoms with Crippen LogP contribution >= 0.6 is 15.9 Å².